The van der Waals surface area contributed by atoms with Gasteiger partial charge in [0, 0.05) is 22.3 Å². The number of ether oxygens (including phenoxy) is 1. The molecule has 0 bridgehead atoms. The van der Waals surface area contributed by atoms with Gasteiger partial charge in [-0.3, -0.25) is 0 Å². The lowest BCUT2D eigenvalue weighted by Crippen LogP contribution is -1.96. The molecule has 1 nitrogen and oxygen atoms in total. The summed E-state index contributed by atoms with van der Waals surface area (Å²) in [5, 5.41) is 0. The van der Waals surface area contributed by atoms with Crippen molar-refractivity contribution in [3.05, 3.63) is 156 Å². The molecule has 0 aromatic heterocycles. The first-order valence-corrected chi connectivity index (χ1v) is 12.6. The van der Waals surface area contributed by atoms with E-state index in [9.17, 15) is 0 Å². The van der Waals surface area contributed by atoms with Crippen molar-refractivity contribution in [2.24, 2.45) is 0 Å². The molecule has 1 heteroatoms. The SMILES string of the molecule is C(#Cc1ccccc1)/C(=C\CCOCC/C=C(\C#Cc1ccccc1)c1ccccc1)c1ccccc1. The van der Waals surface area contributed by atoms with Crippen LogP contribution in [0.2, 0.25) is 0 Å². The molecule has 0 heterocycles. The van der Waals surface area contributed by atoms with Gasteiger partial charge in [-0.2, -0.15) is 0 Å². The lowest BCUT2D eigenvalue weighted by atomic mass is 10.0. The molecular formula is C36H30O. The van der Waals surface area contributed by atoms with Gasteiger partial charge in [0.1, 0.15) is 0 Å². The highest BCUT2D eigenvalue weighted by Gasteiger charge is 1.99. The Kier molecular flexibility index (Phi) is 10.2. The number of rotatable bonds is 8. The molecule has 4 rings (SSSR count). The normalized spacial score (nSPS) is 11.1. The van der Waals surface area contributed by atoms with E-state index in [1.165, 1.54) is 0 Å². The summed E-state index contributed by atoms with van der Waals surface area (Å²) < 4.78 is 5.95. The van der Waals surface area contributed by atoms with Crippen molar-refractivity contribution in [2.75, 3.05) is 13.2 Å². The lowest BCUT2D eigenvalue weighted by Gasteiger charge is -2.04. The van der Waals surface area contributed by atoms with Crippen LogP contribution in [0.5, 0.6) is 0 Å². The Balaban J connectivity index is 1.35. The van der Waals surface area contributed by atoms with Crippen LogP contribution < -0.4 is 0 Å². The van der Waals surface area contributed by atoms with Crippen LogP contribution in [0.15, 0.2) is 133 Å². The predicted octanol–water partition coefficient (Wildman–Crippen LogP) is 8.05. The minimum atomic E-state index is 0.646. The second kappa shape index (κ2) is 14.8. The van der Waals surface area contributed by atoms with E-state index in [0.717, 1.165) is 46.2 Å². The van der Waals surface area contributed by atoms with E-state index in [1.54, 1.807) is 0 Å². The molecule has 0 unspecified atom stereocenters. The van der Waals surface area contributed by atoms with E-state index in [1.807, 2.05) is 97.1 Å². The predicted molar refractivity (Wildman–Crippen MR) is 156 cm³/mol. The molecule has 0 fully saturated rings. The fraction of sp³-hybridized carbons (Fsp3) is 0.111. The number of benzene rings is 4. The van der Waals surface area contributed by atoms with Gasteiger partial charge in [0.05, 0.1) is 13.2 Å². The summed E-state index contributed by atoms with van der Waals surface area (Å²) in [5.41, 5.74) is 6.32. The third kappa shape index (κ3) is 8.87. The number of allylic oxidation sites excluding steroid dienone is 2. The third-order valence-corrected chi connectivity index (χ3v) is 5.62. The van der Waals surface area contributed by atoms with Gasteiger partial charge in [0.2, 0.25) is 0 Å². The zero-order chi connectivity index (χ0) is 25.4. The Hall–Kier alpha value is -4.56. The molecule has 0 amide bonds. The van der Waals surface area contributed by atoms with Crippen molar-refractivity contribution < 1.29 is 4.74 Å². The first-order chi connectivity index (χ1) is 18.4. The maximum atomic E-state index is 5.95. The Morgan fingerprint density at radius 1 is 0.486 bits per heavy atom. The summed E-state index contributed by atoms with van der Waals surface area (Å²) in [6, 6.07) is 40.8. The highest BCUT2D eigenvalue weighted by molar-refractivity contribution is 5.80. The van der Waals surface area contributed by atoms with Crippen molar-refractivity contribution in [3.63, 3.8) is 0 Å². The van der Waals surface area contributed by atoms with Gasteiger partial charge in [-0.1, -0.05) is 133 Å². The highest BCUT2D eigenvalue weighted by Crippen LogP contribution is 2.16. The number of hydrogen-bond acceptors (Lipinski definition) is 1. The zero-order valence-corrected chi connectivity index (χ0v) is 20.9. The van der Waals surface area contributed by atoms with E-state index in [0.29, 0.717) is 13.2 Å². The van der Waals surface area contributed by atoms with Gasteiger partial charge in [-0.25, -0.2) is 0 Å². The molecule has 0 saturated heterocycles. The van der Waals surface area contributed by atoms with Gasteiger partial charge in [-0.15, -0.1) is 0 Å². The van der Waals surface area contributed by atoms with E-state index in [4.69, 9.17) is 4.74 Å². The lowest BCUT2D eigenvalue weighted by molar-refractivity contribution is 0.143. The van der Waals surface area contributed by atoms with E-state index in [2.05, 4.69) is 60.1 Å². The van der Waals surface area contributed by atoms with Crippen LogP contribution in [-0.4, -0.2) is 13.2 Å². The van der Waals surface area contributed by atoms with Gasteiger partial charge < -0.3 is 4.74 Å². The van der Waals surface area contributed by atoms with Gasteiger partial charge in [-0.05, 0) is 48.2 Å². The van der Waals surface area contributed by atoms with Crippen LogP contribution in [0.3, 0.4) is 0 Å². The second-order valence-corrected chi connectivity index (χ2v) is 8.39. The molecule has 0 aliphatic rings. The van der Waals surface area contributed by atoms with Crippen molar-refractivity contribution in [3.8, 4) is 23.7 Å². The van der Waals surface area contributed by atoms with Crippen molar-refractivity contribution >= 4 is 11.1 Å². The van der Waals surface area contributed by atoms with Gasteiger partial charge in [0.15, 0.2) is 0 Å². The Bertz CT molecular complexity index is 1300. The van der Waals surface area contributed by atoms with Crippen LogP contribution >= 0.6 is 0 Å². The standard InChI is InChI=1S/C36H30O/c1-5-15-31(16-6-1)25-27-35(33-19-9-3-10-20-33)23-13-29-37-30-14-24-36(34-21-11-4-12-22-34)28-26-32-17-7-2-8-18-32/h1-12,15-24H,13-14,29-30H2/b35-23+,36-24+. The summed E-state index contributed by atoms with van der Waals surface area (Å²) >= 11 is 0. The molecule has 180 valence electrons. The molecule has 0 N–H and O–H groups in total. The van der Waals surface area contributed by atoms with Crippen molar-refractivity contribution in [1.82, 2.24) is 0 Å². The van der Waals surface area contributed by atoms with Gasteiger partial charge >= 0.3 is 0 Å². The minimum Gasteiger partial charge on any atom is -0.381 e. The highest BCUT2D eigenvalue weighted by atomic mass is 16.5. The summed E-state index contributed by atoms with van der Waals surface area (Å²) in [6.07, 6.45) is 5.94. The van der Waals surface area contributed by atoms with Crippen LogP contribution in [0.1, 0.15) is 35.1 Å². The molecule has 0 spiro atoms. The zero-order valence-electron chi connectivity index (χ0n) is 20.9. The Labute approximate surface area is 221 Å². The average Bonchev–Trinajstić information content (AvgIpc) is 2.97. The molecule has 4 aromatic rings. The fourth-order valence-corrected chi connectivity index (χ4v) is 3.71. The smallest absolute Gasteiger partial charge is 0.0501 e. The van der Waals surface area contributed by atoms with Crippen molar-refractivity contribution in [1.29, 1.82) is 0 Å². The molecule has 0 atom stereocenters. The summed E-state index contributed by atoms with van der Waals surface area (Å²) in [5.74, 6) is 13.2. The summed E-state index contributed by atoms with van der Waals surface area (Å²) in [7, 11) is 0. The molecular weight excluding hydrogens is 448 g/mol. The van der Waals surface area contributed by atoms with Crippen LogP contribution in [-0.2, 0) is 4.74 Å². The molecule has 37 heavy (non-hydrogen) atoms. The Morgan fingerprint density at radius 3 is 1.22 bits per heavy atom. The largest absolute Gasteiger partial charge is 0.381 e. The second-order valence-electron chi connectivity index (χ2n) is 8.39. The average molecular weight is 479 g/mol. The molecule has 4 aromatic carbocycles. The first-order valence-electron chi connectivity index (χ1n) is 12.6. The van der Waals surface area contributed by atoms with Crippen LogP contribution in [0, 0.1) is 23.7 Å². The van der Waals surface area contributed by atoms with E-state index >= 15 is 0 Å². The van der Waals surface area contributed by atoms with Gasteiger partial charge in [0.25, 0.3) is 0 Å². The first kappa shape index (κ1) is 25.5. The molecule has 0 aliphatic heterocycles. The van der Waals surface area contributed by atoms with E-state index < -0.39 is 0 Å². The van der Waals surface area contributed by atoms with Crippen LogP contribution in [0.25, 0.3) is 11.1 Å². The minimum absolute atomic E-state index is 0.646. The maximum Gasteiger partial charge on any atom is 0.0501 e. The summed E-state index contributed by atoms with van der Waals surface area (Å²) in [4.78, 5) is 0. The third-order valence-electron chi connectivity index (χ3n) is 5.62. The molecule has 0 saturated carbocycles. The molecule has 0 aliphatic carbocycles. The molecule has 0 radical (unpaired) electrons. The van der Waals surface area contributed by atoms with Crippen molar-refractivity contribution in [2.45, 2.75) is 12.8 Å². The number of hydrogen-bond donors (Lipinski definition) is 0. The topological polar surface area (TPSA) is 9.23 Å². The summed E-state index contributed by atoms with van der Waals surface area (Å²) in [6.45, 7) is 1.29. The van der Waals surface area contributed by atoms with Crippen LogP contribution in [0.4, 0.5) is 0 Å². The Morgan fingerprint density at radius 2 is 0.838 bits per heavy atom. The monoisotopic (exact) mass is 478 g/mol. The van der Waals surface area contributed by atoms with E-state index in [-0.39, 0.29) is 0 Å². The fourth-order valence-electron chi connectivity index (χ4n) is 3.71. The quantitative estimate of drug-likeness (QED) is 0.184. The maximum absolute atomic E-state index is 5.95.